The van der Waals surface area contributed by atoms with Crippen LogP contribution in [0.3, 0.4) is 0 Å². The number of hydrogen-bond acceptors (Lipinski definition) is 4. The van der Waals surface area contributed by atoms with Gasteiger partial charge >= 0.3 is 0 Å². The molecule has 0 bridgehead atoms. The van der Waals surface area contributed by atoms with E-state index in [1.165, 1.54) is 31.1 Å². The highest BCUT2D eigenvalue weighted by molar-refractivity contribution is 7.26. The van der Waals surface area contributed by atoms with Crippen molar-refractivity contribution in [1.29, 1.82) is 0 Å². The summed E-state index contributed by atoms with van der Waals surface area (Å²) < 4.78 is 2.47. The maximum absolute atomic E-state index is 5.16. The highest BCUT2D eigenvalue weighted by Crippen LogP contribution is 2.42. The fraction of sp³-hybridized carbons (Fsp3) is 0. The average Bonchev–Trinajstić information content (AvgIpc) is 3.43. The van der Waals surface area contributed by atoms with Crippen molar-refractivity contribution in [3.63, 3.8) is 0 Å². The van der Waals surface area contributed by atoms with Gasteiger partial charge in [0.2, 0.25) is 0 Å². The van der Waals surface area contributed by atoms with Gasteiger partial charge in [-0.15, -0.1) is 11.3 Å². The van der Waals surface area contributed by atoms with E-state index in [0.29, 0.717) is 17.5 Å². The van der Waals surface area contributed by atoms with Gasteiger partial charge in [0.1, 0.15) is 0 Å². The zero-order valence-electron chi connectivity index (χ0n) is 22.0. The molecule has 6 aromatic carbocycles. The maximum atomic E-state index is 5.16. The first-order valence-electron chi connectivity index (χ1n) is 13.6. The van der Waals surface area contributed by atoms with Gasteiger partial charge in [0.25, 0.3) is 0 Å². The Morgan fingerprint density at radius 2 is 1.02 bits per heavy atom. The highest BCUT2D eigenvalue weighted by Gasteiger charge is 2.18. The normalized spacial score (nSPS) is 11.4. The molecular formula is C37H23N3S. The van der Waals surface area contributed by atoms with Crippen LogP contribution in [0.1, 0.15) is 0 Å². The number of fused-ring (bicyclic) bond motifs is 4. The van der Waals surface area contributed by atoms with Gasteiger partial charge in [-0.3, -0.25) is 0 Å². The molecule has 8 rings (SSSR count). The molecule has 192 valence electrons. The molecule has 2 aromatic heterocycles. The lowest BCUT2D eigenvalue weighted by atomic mass is 9.98. The van der Waals surface area contributed by atoms with Crippen LogP contribution in [0, 0.1) is 0 Å². The predicted molar refractivity (Wildman–Crippen MR) is 172 cm³/mol. The molecule has 2 heterocycles. The standard InChI is InChI=1S/C37H23N3S/c1-3-11-24(12-4-1)29-22-31(34-30-17-9-10-18-32(30)41-33(34)23-29)37-39-35(26-14-5-2-6-15-26)38-36(40-37)28-20-19-25-13-7-8-16-27(25)21-28/h1-23H. The van der Waals surface area contributed by atoms with Crippen LogP contribution < -0.4 is 0 Å². The van der Waals surface area contributed by atoms with Crippen LogP contribution in [0.25, 0.3) is 76.2 Å². The Kier molecular flexibility index (Phi) is 5.64. The largest absolute Gasteiger partial charge is 0.208 e. The first kappa shape index (κ1) is 23.7. The van der Waals surface area contributed by atoms with E-state index in [4.69, 9.17) is 15.0 Å². The molecule has 0 unspecified atom stereocenters. The van der Waals surface area contributed by atoms with E-state index < -0.39 is 0 Å². The fourth-order valence-corrected chi connectivity index (χ4v) is 6.67. The van der Waals surface area contributed by atoms with Gasteiger partial charge in [-0.2, -0.15) is 0 Å². The summed E-state index contributed by atoms with van der Waals surface area (Å²) >= 11 is 1.81. The lowest BCUT2D eigenvalue weighted by Gasteiger charge is -2.12. The Bertz CT molecular complexity index is 2200. The van der Waals surface area contributed by atoms with Crippen molar-refractivity contribution >= 4 is 42.3 Å². The van der Waals surface area contributed by atoms with E-state index in [1.54, 1.807) is 0 Å². The summed E-state index contributed by atoms with van der Waals surface area (Å²) in [5.41, 5.74) is 5.26. The highest BCUT2D eigenvalue weighted by atomic mass is 32.1. The van der Waals surface area contributed by atoms with E-state index in [1.807, 2.05) is 29.5 Å². The Balaban J connectivity index is 1.43. The number of nitrogens with zero attached hydrogens (tertiary/aromatic N) is 3. The molecule has 0 fully saturated rings. The lowest BCUT2D eigenvalue weighted by molar-refractivity contribution is 1.08. The van der Waals surface area contributed by atoms with Crippen molar-refractivity contribution in [2.24, 2.45) is 0 Å². The Hall–Kier alpha value is -5.19. The van der Waals surface area contributed by atoms with Gasteiger partial charge in [0.15, 0.2) is 17.5 Å². The molecule has 41 heavy (non-hydrogen) atoms. The van der Waals surface area contributed by atoms with Gasteiger partial charge in [0, 0.05) is 36.9 Å². The van der Waals surface area contributed by atoms with Crippen molar-refractivity contribution in [3.05, 3.63) is 140 Å². The van der Waals surface area contributed by atoms with Crippen LogP contribution in [0.15, 0.2) is 140 Å². The van der Waals surface area contributed by atoms with Crippen LogP contribution >= 0.6 is 11.3 Å². The van der Waals surface area contributed by atoms with Gasteiger partial charge in [0.05, 0.1) is 0 Å². The predicted octanol–water partition coefficient (Wildman–Crippen LogP) is 10.1. The first-order valence-corrected chi connectivity index (χ1v) is 14.4. The second-order valence-corrected chi connectivity index (χ2v) is 11.2. The molecule has 0 aliphatic heterocycles. The van der Waals surface area contributed by atoms with Crippen LogP contribution in [-0.2, 0) is 0 Å². The van der Waals surface area contributed by atoms with Crippen molar-refractivity contribution in [1.82, 2.24) is 15.0 Å². The Morgan fingerprint density at radius 1 is 0.390 bits per heavy atom. The number of thiophene rings is 1. The third kappa shape index (κ3) is 4.26. The zero-order chi connectivity index (χ0) is 27.2. The molecular weight excluding hydrogens is 518 g/mol. The summed E-state index contributed by atoms with van der Waals surface area (Å²) in [6, 6.07) is 48.6. The number of hydrogen-bond donors (Lipinski definition) is 0. The smallest absolute Gasteiger partial charge is 0.164 e. The molecule has 0 N–H and O–H groups in total. The quantitative estimate of drug-likeness (QED) is 0.222. The summed E-state index contributed by atoms with van der Waals surface area (Å²) in [7, 11) is 0. The van der Waals surface area contributed by atoms with Gasteiger partial charge in [-0.25, -0.2) is 15.0 Å². The second-order valence-electron chi connectivity index (χ2n) is 10.1. The van der Waals surface area contributed by atoms with E-state index >= 15 is 0 Å². The molecule has 0 radical (unpaired) electrons. The molecule has 0 atom stereocenters. The Morgan fingerprint density at radius 3 is 1.83 bits per heavy atom. The number of rotatable bonds is 4. The number of aromatic nitrogens is 3. The van der Waals surface area contributed by atoms with Gasteiger partial charge in [-0.05, 0) is 46.2 Å². The molecule has 8 aromatic rings. The van der Waals surface area contributed by atoms with Gasteiger partial charge in [-0.1, -0.05) is 115 Å². The zero-order valence-corrected chi connectivity index (χ0v) is 22.8. The second kappa shape index (κ2) is 9.77. The average molecular weight is 542 g/mol. The minimum absolute atomic E-state index is 0.663. The van der Waals surface area contributed by atoms with Crippen LogP contribution in [-0.4, -0.2) is 15.0 Å². The van der Waals surface area contributed by atoms with Crippen LogP contribution in [0.2, 0.25) is 0 Å². The van der Waals surface area contributed by atoms with Crippen LogP contribution in [0.5, 0.6) is 0 Å². The van der Waals surface area contributed by atoms with Crippen molar-refractivity contribution in [3.8, 4) is 45.3 Å². The van der Waals surface area contributed by atoms with Gasteiger partial charge < -0.3 is 0 Å². The molecule has 0 saturated carbocycles. The van der Waals surface area contributed by atoms with E-state index in [2.05, 4.69) is 121 Å². The SMILES string of the molecule is c1ccc(-c2cc(-c3nc(-c4ccccc4)nc(-c4ccc5ccccc5c4)n3)c3c(c2)sc2ccccc23)cc1. The minimum Gasteiger partial charge on any atom is -0.208 e. The molecule has 4 heteroatoms. The van der Waals surface area contributed by atoms with E-state index in [0.717, 1.165) is 27.6 Å². The minimum atomic E-state index is 0.663. The Labute approximate surface area is 241 Å². The monoisotopic (exact) mass is 541 g/mol. The maximum Gasteiger partial charge on any atom is 0.164 e. The third-order valence-electron chi connectivity index (χ3n) is 7.50. The van der Waals surface area contributed by atoms with Crippen molar-refractivity contribution in [2.45, 2.75) is 0 Å². The molecule has 0 aliphatic carbocycles. The summed E-state index contributed by atoms with van der Waals surface area (Å²) in [6.07, 6.45) is 0. The topological polar surface area (TPSA) is 38.7 Å². The first-order chi connectivity index (χ1) is 20.3. The summed E-state index contributed by atoms with van der Waals surface area (Å²) in [5.74, 6) is 2.00. The lowest BCUT2D eigenvalue weighted by Crippen LogP contribution is -2.00. The summed E-state index contributed by atoms with van der Waals surface area (Å²) in [5, 5.41) is 4.75. The molecule has 3 nitrogen and oxygen atoms in total. The summed E-state index contributed by atoms with van der Waals surface area (Å²) in [6.45, 7) is 0. The van der Waals surface area contributed by atoms with E-state index in [9.17, 15) is 0 Å². The van der Waals surface area contributed by atoms with Crippen molar-refractivity contribution in [2.75, 3.05) is 0 Å². The molecule has 0 aliphatic rings. The third-order valence-corrected chi connectivity index (χ3v) is 8.62. The molecule has 0 amide bonds. The number of benzene rings is 6. The van der Waals surface area contributed by atoms with E-state index in [-0.39, 0.29) is 0 Å². The molecule has 0 spiro atoms. The molecule has 0 saturated heterocycles. The summed E-state index contributed by atoms with van der Waals surface area (Å²) in [4.78, 5) is 15.3. The van der Waals surface area contributed by atoms with Crippen molar-refractivity contribution < 1.29 is 0 Å². The fourth-order valence-electron chi connectivity index (χ4n) is 5.50. The van der Waals surface area contributed by atoms with Crippen LogP contribution in [0.4, 0.5) is 0 Å².